The fourth-order valence-corrected chi connectivity index (χ4v) is 1.16. The molecule has 0 radical (unpaired) electrons. The second kappa shape index (κ2) is 3.96. The van der Waals surface area contributed by atoms with Crippen molar-refractivity contribution < 1.29 is 9.53 Å². The number of methoxy groups -OCH3 is 1. The van der Waals surface area contributed by atoms with Gasteiger partial charge in [-0.15, -0.1) is 5.10 Å². The second-order valence-corrected chi connectivity index (χ2v) is 2.86. The number of ether oxygens (including phenoxy) is 1. The van der Waals surface area contributed by atoms with Crippen molar-refractivity contribution >= 4 is 23.6 Å². The van der Waals surface area contributed by atoms with Crippen LogP contribution in [-0.4, -0.2) is 22.7 Å². The molecule has 0 aliphatic rings. The number of nitrogens with zero attached hydrogens (tertiary/aromatic N) is 2. The van der Waals surface area contributed by atoms with Gasteiger partial charge in [-0.3, -0.25) is 0 Å². The number of hydrogen-bond donors (Lipinski definition) is 0. The van der Waals surface area contributed by atoms with Crippen molar-refractivity contribution in [3.63, 3.8) is 0 Å². The lowest BCUT2D eigenvalue weighted by molar-refractivity contribution is -0.134. The Morgan fingerprint density at radius 2 is 2.42 bits per heavy atom. The molecule has 0 saturated heterocycles. The highest BCUT2D eigenvalue weighted by atomic mass is 32.1. The summed E-state index contributed by atoms with van der Waals surface area (Å²) in [6.45, 7) is 1.83. The monoisotopic (exact) mass is 184 g/mol. The van der Waals surface area contributed by atoms with E-state index in [9.17, 15) is 4.79 Å². The summed E-state index contributed by atoms with van der Waals surface area (Å²) in [6, 6.07) is 0. The first-order valence-electron chi connectivity index (χ1n) is 3.29. The molecule has 0 amide bonds. The van der Waals surface area contributed by atoms with Gasteiger partial charge < -0.3 is 4.74 Å². The van der Waals surface area contributed by atoms with Crippen molar-refractivity contribution in [3.8, 4) is 0 Å². The van der Waals surface area contributed by atoms with E-state index in [1.54, 1.807) is 6.08 Å². The minimum Gasteiger partial charge on any atom is -0.466 e. The van der Waals surface area contributed by atoms with E-state index in [-0.39, 0.29) is 5.97 Å². The predicted molar refractivity (Wildman–Crippen MR) is 45.7 cm³/mol. The summed E-state index contributed by atoms with van der Waals surface area (Å²) < 4.78 is 8.14. The highest BCUT2D eigenvalue weighted by Gasteiger charge is 1.98. The van der Waals surface area contributed by atoms with Gasteiger partial charge in [0.1, 0.15) is 0 Å². The first-order valence-corrected chi connectivity index (χ1v) is 4.06. The highest BCUT2D eigenvalue weighted by Crippen LogP contribution is 2.10. The molecule has 0 fully saturated rings. The van der Waals surface area contributed by atoms with Gasteiger partial charge in [0.25, 0.3) is 0 Å². The standard InChI is InChI=1S/C7H8N2O2S/c1-5-6(12-9-8-5)3-4-7(10)11-2/h3-4H,1-2H3/b4-3-. The molecule has 0 aromatic carbocycles. The Kier molecular flexibility index (Phi) is 2.93. The molecule has 1 heterocycles. The largest absolute Gasteiger partial charge is 0.466 e. The zero-order valence-electron chi connectivity index (χ0n) is 6.77. The molecule has 64 valence electrons. The Morgan fingerprint density at radius 1 is 1.67 bits per heavy atom. The Balaban J connectivity index is 2.69. The van der Waals surface area contributed by atoms with Crippen molar-refractivity contribution in [2.45, 2.75) is 6.92 Å². The fourth-order valence-electron chi connectivity index (χ4n) is 0.604. The van der Waals surface area contributed by atoms with Crippen LogP contribution in [-0.2, 0) is 9.53 Å². The average molecular weight is 184 g/mol. The molecule has 1 rings (SSSR count). The molecule has 0 unspecified atom stereocenters. The summed E-state index contributed by atoms with van der Waals surface area (Å²) in [7, 11) is 1.34. The van der Waals surface area contributed by atoms with E-state index in [2.05, 4.69) is 14.3 Å². The molecule has 0 aliphatic heterocycles. The third-order valence-corrected chi connectivity index (χ3v) is 2.05. The zero-order valence-corrected chi connectivity index (χ0v) is 7.59. The SMILES string of the molecule is COC(=O)/C=C\c1snnc1C. The maximum absolute atomic E-state index is 10.7. The molecular formula is C7H8N2O2S. The molecule has 5 heteroatoms. The second-order valence-electron chi connectivity index (χ2n) is 2.08. The van der Waals surface area contributed by atoms with E-state index in [1.807, 2.05) is 6.92 Å². The van der Waals surface area contributed by atoms with E-state index in [0.717, 1.165) is 10.6 Å². The van der Waals surface area contributed by atoms with Crippen LogP contribution < -0.4 is 0 Å². The number of carbonyl (C=O) groups excluding carboxylic acids is 1. The van der Waals surface area contributed by atoms with E-state index in [4.69, 9.17) is 0 Å². The average Bonchev–Trinajstić information content (AvgIpc) is 2.47. The van der Waals surface area contributed by atoms with Gasteiger partial charge in [-0.05, 0) is 24.5 Å². The minimum atomic E-state index is -0.372. The molecule has 1 aromatic heterocycles. The van der Waals surface area contributed by atoms with Gasteiger partial charge in [-0.1, -0.05) is 4.49 Å². The summed E-state index contributed by atoms with van der Waals surface area (Å²) in [5.74, 6) is -0.372. The predicted octanol–water partition coefficient (Wildman–Crippen LogP) is 1.03. The van der Waals surface area contributed by atoms with E-state index < -0.39 is 0 Å². The molecule has 12 heavy (non-hydrogen) atoms. The van der Waals surface area contributed by atoms with Gasteiger partial charge in [-0.25, -0.2) is 4.79 Å². The Morgan fingerprint density at radius 3 is 2.92 bits per heavy atom. The summed E-state index contributed by atoms with van der Waals surface area (Å²) in [5.41, 5.74) is 0.820. The quantitative estimate of drug-likeness (QED) is 0.509. The lowest BCUT2D eigenvalue weighted by atomic mass is 10.3. The molecule has 0 bridgehead atoms. The first kappa shape index (κ1) is 8.86. The maximum atomic E-state index is 10.7. The van der Waals surface area contributed by atoms with Crippen LogP contribution in [0.2, 0.25) is 0 Å². The Labute approximate surface area is 74.0 Å². The number of aromatic nitrogens is 2. The van der Waals surface area contributed by atoms with Gasteiger partial charge in [0.15, 0.2) is 0 Å². The van der Waals surface area contributed by atoms with Crippen LogP contribution in [0.4, 0.5) is 0 Å². The summed E-state index contributed by atoms with van der Waals surface area (Å²) >= 11 is 1.25. The van der Waals surface area contributed by atoms with Crippen molar-refractivity contribution in [3.05, 3.63) is 16.6 Å². The summed E-state index contributed by atoms with van der Waals surface area (Å²) in [5, 5.41) is 3.79. The van der Waals surface area contributed by atoms with Crippen molar-refractivity contribution in [1.82, 2.24) is 9.59 Å². The van der Waals surface area contributed by atoms with Crippen LogP contribution in [0, 0.1) is 6.92 Å². The molecule has 0 aliphatic carbocycles. The number of hydrogen-bond acceptors (Lipinski definition) is 5. The van der Waals surface area contributed by atoms with Crippen LogP contribution in [0.25, 0.3) is 6.08 Å². The molecular weight excluding hydrogens is 176 g/mol. The summed E-state index contributed by atoms with van der Waals surface area (Å²) in [6.07, 6.45) is 2.99. The lowest BCUT2D eigenvalue weighted by Crippen LogP contribution is -1.93. The fraction of sp³-hybridized carbons (Fsp3) is 0.286. The molecule has 0 N–H and O–H groups in total. The van der Waals surface area contributed by atoms with Gasteiger partial charge in [-0.2, -0.15) is 0 Å². The topological polar surface area (TPSA) is 52.1 Å². The first-order chi connectivity index (χ1) is 5.74. The van der Waals surface area contributed by atoms with Gasteiger partial charge in [0.2, 0.25) is 0 Å². The number of esters is 1. The third kappa shape index (κ3) is 2.13. The molecule has 0 saturated carbocycles. The number of rotatable bonds is 2. The lowest BCUT2D eigenvalue weighted by Gasteiger charge is -1.88. The summed E-state index contributed by atoms with van der Waals surface area (Å²) in [4.78, 5) is 11.5. The van der Waals surface area contributed by atoms with Gasteiger partial charge in [0.05, 0.1) is 17.7 Å². The zero-order chi connectivity index (χ0) is 8.97. The molecule has 0 atom stereocenters. The van der Waals surface area contributed by atoms with Crippen LogP contribution in [0.3, 0.4) is 0 Å². The maximum Gasteiger partial charge on any atom is 0.330 e. The van der Waals surface area contributed by atoms with Crippen LogP contribution in [0.1, 0.15) is 10.6 Å². The molecule has 0 spiro atoms. The van der Waals surface area contributed by atoms with Crippen LogP contribution in [0.15, 0.2) is 6.08 Å². The smallest absolute Gasteiger partial charge is 0.330 e. The normalized spacial score (nSPS) is 10.5. The van der Waals surface area contributed by atoms with Crippen LogP contribution >= 0.6 is 11.5 Å². The number of aryl methyl sites for hydroxylation is 1. The molecule has 4 nitrogen and oxygen atoms in total. The van der Waals surface area contributed by atoms with Crippen LogP contribution in [0.5, 0.6) is 0 Å². The number of carbonyl (C=O) groups is 1. The van der Waals surface area contributed by atoms with Crippen molar-refractivity contribution in [1.29, 1.82) is 0 Å². The Bertz CT molecular complexity index is 306. The third-order valence-electron chi connectivity index (χ3n) is 1.26. The molecule has 1 aromatic rings. The van der Waals surface area contributed by atoms with Crippen molar-refractivity contribution in [2.75, 3.05) is 7.11 Å². The van der Waals surface area contributed by atoms with Crippen molar-refractivity contribution in [2.24, 2.45) is 0 Å². The van der Waals surface area contributed by atoms with E-state index >= 15 is 0 Å². The van der Waals surface area contributed by atoms with E-state index in [1.165, 1.54) is 24.7 Å². The minimum absolute atomic E-state index is 0.372. The van der Waals surface area contributed by atoms with Gasteiger partial charge >= 0.3 is 5.97 Å². The Hall–Kier alpha value is -1.23. The highest BCUT2D eigenvalue weighted by molar-refractivity contribution is 7.06. The van der Waals surface area contributed by atoms with Gasteiger partial charge in [0, 0.05) is 6.08 Å². The van der Waals surface area contributed by atoms with E-state index in [0.29, 0.717) is 0 Å².